The summed E-state index contributed by atoms with van der Waals surface area (Å²) in [6.07, 6.45) is 0. The van der Waals surface area contributed by atoms with E-state index in [4.69, 9.17) is 0 Å². The zero-order chi connectivity index (χ0) is 31.8. The van der Waals surface area contributed by atoms with Crippen LogP contribution in [0.1, 0.15) is 0 Å². The summed E-state index contributed by atoms with van der Waals surface area (Å²) in [7, 11) is -2.90. The quantitative estimate of drug-likeness (QED) is 0.164. The minimum Gasteiger partial charge on any atom is -0.309 e. The molecule has 0 aliphatic heterocycles. The number of fused-ring (bicyclic) bond motifs is 6. The minimum atomic E-state index is -1.45. The molecule has 2 heterocycles. The van der Waals surface area contributed by atoms with E-state index < -0.39 is 16.1 Å². The molecule has 2 aromatic heterocycles. The van der Waals surface area contributed by atoms with Crippen LogP contribution < -0.4 is 10.4 Å². The van der Waals surface area contributed by atoms with Crippen molar-refractivity contribution in [2.45, 2.75) is 39.3 Å². The molecule has 8 aromatic rings. The Labute approximate surface area is 277 Å². The van der Waals surface area contributed by atoms with E-state index in [2.05, 4.69) is 171 Å². The molecule has 46 heavy (non-hydrogen) atoms. The average Bonchev–Trinajstić information content (AvgIpc) is 3.59. The lowest BCUT2D eigenvalue weighted by atomic mass is 9.97. The summed E-state index contributed by atoms with van der Waals surface area (Å²) in [5.41, 5.74) is 8.82. The Balaban J connectivity index is 1.19. The number of aromatic nitrogens is 1. The molecule has 226 valence electrons. The maximum Gasteiger partial charge on any atom is 0.0776 e. The highest BCUT2D eigenvalue weighted by molar-refractivity contribution is 7.25. The van der Waals surface area contributed by atoms with Crippen LogP contribution in [0.15, 0.2) is 127 Å². The Kier molecular flexibility index (Phi) is 6.77. The molecule has 0 unspecified atom stereocenters. The molecular weight excluding hydrogens is 607 g/mol. The third-order valence-electron chi connectivity index (χ3n) is 9.55. The molecule has 0 saturated heterocycles. The van der Waals surface area contributed by atoms with Gasteiger partial charge in [-0.1, -0.05) is 141 Å². The highest BCUT2D eigenvalue weighted by Crippen LogP contribution is 2.40. The molecule has 0 fully saturated rings. The van der Waals surface area contributed by atoms with Crippen molar-refractivity contribution in [3.8, 4) is 27.9 Å². The van der Waals surface area contributed by atoms with Crippen molar-refractivity contribution in [3.63, 3.8) is 0 Å². The maximum atomic E-state index is 2.49. The molecule has 0 amide bonds. The summed E-state index contributed by atoms with van der Waals surface area (Å²) < 4.78 is 5.15. The van der Waals surface area contributed by atoms with Gasteiger partial charge >= 0.3 is 0 Å². The molecule has 8 rings (SSSR count). The van der Waals surface area contributed by atoms with Crippen molar-refractivity contribution >= 4 is 79.8 Å². The number of rotatable bonds is 5. The van der Waals surface area contributed by atoms with E-state index >= 15 is 0 Å². The van der Waals surface area contributed by atoms with Crippen LogP contribution in [0.5, 0.6) is 0 Å². The average molecular weight is 646 g/mol. The van der Waals surface area contributed by atoms with E-state index in [0.29, 0.717) is 0 Å². The third kappa shape index (κ3) is 4.87. The number of hydrogen-bond donors (Lipinski definition) is 0. The fourth-order valence-electron chi connectivity index (χ4n) is 6.89. The molecule has 1 nitrogen and oxygen atoms in total. The van der Waals surface area contributed by atoms with Gasteiger partial charge in [0.05, 0.1) is 27.2 Å². The molecule has 0 bridgehead atoms. The largest absolute Gasteiger partial charge is 0.309 e. The highest BCUT2D eigenvalue weighted by atomic mass is 32.1. The Hall–Kier alpha value is -4.23. The highest BCUT2D eigenvalue weighted by Gasteiger charge is 2.22. The predicted octanol–water partition coefficient (Wildman–Crippen LogP) is 11.6. The molecule has 6 aromatic carbocycles. The lowest BCUT2D eigenvalue weighted by Crippen LogP contribution is -2.37. The van der Waals surface area contributed by atoms with Crippen molar-refractivity contribution < 1.29 is 0 Å². The SMILES string of the molecule is C[Si](C)(C)c1ccc2c(c1)c1cc([Si](C)(C)C)ccc1n2-c1ccc(-c2ccc(-c3cccc4sc5ccccc5c34)cc2)cc1. The van der Waals surface area contributed by atoms with Gasteiger partial charge < -0.3 is 4.57 Å². The minimum absolute atomic E-state index is 1.21. The monoisotopic (exact) mass is 645 g/mol. The van der Waals surface area contributed by atoms with Gasteiger partial charge in [-0.15, -0.1) is 11.3 Å². The molecule has 0 atom stereocenters. The van der Waals surface area contributed by atoms with E-state index in [-0.39, 0.29) is 0 Å². The summed E-state index contributed by atoms with van der Waals surface area (Å²) in [5.74, 6) is 0. The number of benzene rings is 6. The normalized spacial score (nSPS) is 12.6. The molecule has 0 saturated carbocycles. The first-order chi connectivity index (χ1) is 22.1. The summed E-state index contributed by atoms with van der Waals surface area (Å²) in [4.78, 5) is 0. The summed E-state index contributed by atoms with van der Waals surface area (Å²) in [6.45, 7) is 14.6. The summed E-state index contributed by atoms with van der Waals surface area (Å²) in [6, 6.07) is 48.1. The van der Waals surface area contributed by atoms with E-state index in [0.717, 1.165) is 0 Å². The van der Waals surface area contributed by atoms with Crippen molar-refractivity contribution in [2.75, 3.05) is 0 Å². The predicted molar refractivity (Wildman–Crippen MR) is 211 cm³/mol. The topological polar surface area (TPSA) is 4.93 Å². The van der Waals surface area contributed by atoms with Gasteiger partial charge in [0.2, 0.25) is 0 Å². The Morgan fingerprint density at radius 2 is 0.978 bits per heavy atom. The van der Waals surface area contributed by atoms with Gasteiger partial charge in [0, 0.05) is 36.6 Å². The van der Waals surface area contributed by atoms with Gasteiger partial charge in [0.1, 0.15) is 0 Å². The summed E-state index contributed by atoms with van der Waals surface area (Å²) in [5, 5.41) is 8.49. The van der Waals surface area contributed by atoms with E-state index in [1.807, 2.05) is 11.3 Å². The van der Waals surface area contributed by atoms with Crippen LogP contribution in [-0.2, 0) is 0 Å². The number of nitrogens with zero attached hydrogens (tertiary/aromatic N) is 1. The maximum absolute atomic E-state index is 2.49. The Bertz CT molecular complexity index is 2340. The first-order valence-corrected chi connectivity index (χ1v) is 24.1. The van der Waals surface area contributed by atoms with Crippen LogP contribution in [0, 0.1) is 0 Å². The molecule has 4 heteroatoms. The lowest BCUT2D eigenvalue weighted by Gasteiger charge is -2.17. The van der Waals surface area contributed by atoms with Crippen molar-refractivity contribution in [1.29, 1.82) is 0 Å². The van der Waals surface area contributed by atoms with Crippen LogP contribution in [0.4, 0.5) is 0 Å². The zero-order valence-electron chi connectivity index (χ0n) is 27.5. The summed E-state index contributed by atoms with van der Waals surface area (Å²) >= 11 is 1.88. The number of thiophene rings is 1. The van der Waals surface area contributed by atoms with Gasteiger partial charge in [-0.25, -0.2) is 0 Å². The van der Waals surface area contributed by atoms with E-state index in [9.17, 15) is 0 Å². The molecule has 0 N–H and O–H groups in total. The molecule has 0 aliphatic carbocycles. The second-order valence-corrected chi connectivity index (χ2v) is 25.9. The lowest BCUT2D eigenvalue weighted by molar-refractivity contribution is 1.18. The molecule has 0 aliphatic rings. The molecule has 0 radical (unpaired) electrons. The first-order valence-electron chi connectivity index (χ1n) is 16.3. The second-order valence-electron chi connectivity index (χ2n) is 14.7. The van der Waals surface area contributed by atoms with Gasteiger partial charge in [-0.2, -0.15) is 0 Å². The second kappa shape index (κ2) is 10.7. The fourth-order valence-corrected chi connectivity index (χ4v) is 10.3. The fraction of sp³-hybridized carbons (Fsp3) is 0.143. The zero-order valence-corrected chi connectivity index (χ0v) is 30.3. The van der Waals surface area contributed by atoms with Gasteiger partial charge in [0.25, 0.3) is 0 Å². The van der Waals surface area contributed by atoms with Crippen molar-refractivity contribution in [1.82, 2.24) is 4.57 Å². The molecular formula is C42H39NSSi2. The molecule has 0 spiro atoms. The Morgan fingerprint density at radius 3 is 1.57 bits per heavy atom. The number of hydrogen-bond acceptors (Lipinski definition) is 1. The first kappa shape index (κ1) is 29.2. The van der Waals surface area contributed by atoms with Crippen LogP contribution in [-0.4, -0.2) is 20.7 Å². The smallest absolute Gasteiger partial charge is 0.0776 e. The van der Waals surface area contributed by atoms with Gasteiger partial charge in [-0.05, 0) is 58.7 Å². The van der Waals surface area contributed by atoms with Crippen molar-refractivity contribution in [2.24, 2.45) is 0 Å². The van der Waals surface area contributed by atoms with Crippen LogP contribution in [0.3, 0.4) is 0 Å². The van der Waals surface area contributed by atoms with Crippen LogP contribution in [0.25, 0.3) is 69.9 Å². The van der Waals surface area contributed by atoms with E-state index in [1.54, 1.807) is 0 Å². The third-order valence-corrected chi connectivity index (χ3v) is 14.8. The Morgan fingerprint density at radius 1 is 0.457 bits per heavy atom. The van der Waals surface area contributed by atoms with Gasteiger partial charge in [-0.3, -0.25) is 0 Å². The van der Waals surface area contributed by atoms with Gasteiger partial charge in [0.15, 0.2) is 0 Å². The van der Waals surface area contributed by atoms with Crippen LogP contribution in [0.2, 0.25) is 39.3 Å². The van der Waals surface area contributed by atoms with E-state index in [1.165, 1.54) is 80.3 Å². The van der Waals surface area contributed by atoms with Crippen molar-refractivity contribution in [3.05, 3.63) is 127 Å². The van der Waals surface area contributed by atoms with Crippen LogP contribution >= 0.6 is 11.3 Å². The standard InChI is InChI=1S/C42H39NSSi2/c1-45(2,3)32-22-24-38-36(26-32)37-27-33(46(4,5)6)23-25-39(37)43(38)31-20-18-29(19-21-31)28-14-16-30(17-15-28)34-11-9-13-41-42(34)35-10-7-8-12-40(35)44-41/h7-27H,1-6H3.